The molecule has 0 atom stereocenters. The van der Waals surface area contributed by atoms with Crippen molar-refractivity contribution in [3.05, 3.63) is 202 Å². The molecular weight excluding hydrogens is 773 g/mol. The fourth-order valence-corrected chi connectivity index (χ4v) is 8.98. The van der Waals surface area contributed by atoms with Crippen molar-refractivity contribution in [2.24, 2.45) is 7.05 Å². The van der Waals surface area contributed by atoms with Crippen LogP contribution in [0.1, 0.15) is 131 Å². The normalized spacial score (nSPS) is 12.3. The van der Waals surface area contributed by atoms with Crippen LogP contribution in [0.15, 0.2) is 152 Å². The van der Waals surface area contributed by atoms with Crippen LogP contribution in [0.25, 0.3) is 38.9 Å². The lowest BCUT2D eigenvalue weighted by atomic mass is 9.81. The first-order valence-electron chi connectivity index (χ1n) is 23.6. The zero-order chi connectivity index (χ0) is 46.3. The van der Waals surface area contributed by atoms with Gasteiger partial charge in [-0.05, 0) is 127 Å². The van der Waals surface area contributed by atoms with Gasteiger partial charge in [-0.1, -0.05) is 195 Å². The van der Waals surface area contributed by atoms with Gasteiger partial charge in [0.05, 0.1) is 5.69 Å². The Balaban J connectivity index is 0.000000199. The van der Waals surface area contributed by atoms with Crippen LogP contribution in [0.4, 0.5) is 17.1 Å². The molecule has 0 N–H and O–H groups in total. The van der Waals surface area contributed by atoms with Crippen LogP contribution < -0.4 is 4.90 Å². The standard InChI is InChI=1S/C35H33N.C15H19N.C10H14.C2H6/c1-23(2)25-16-18-27(19-17-25)36(26-11-7-6-8-12-26)33-22-32-34(29-14-10-9-13-28(29)33)30-20-15-24(3)21-31(30)35(32,4)5;1-5-6-7-13-12(3)16(4)15-10-11(2)8-9-14(13)15;1-8(2)10-6-4-9(3)5-7-10;1-2/h6-23H,1-5H3;6-10H,5H2,1-4H3;4-8H,1-3H3;1-2H3/b;7-6-;;. The highest BCUT2D eigenvalue weighted by Crippen LogP contribution is 2.54. The van der Waals surface area contributed by atoms with Crippen molar-refractivity contribution < 1.29 is 0 Å². The number of anilines is 3. The van der Waals surface area contributed by atoms with E-state index in [1.165, 1.54) is 100 Å². The molecule has 1 aromatic heterocycles. The number of para-hydroxylation sites is 1. The van der Waals surface area contributed by atoms with Gasteiger partial charge >= 0.3 is 0 Å². The molecule has 0 saturated heterocycles. The van der Waals surface area contributed by atoms with Gasteiger partial charge in [0, 0.05) is 51.4 Å². The van der Waals surface area contributed by atoms with Gasteiger partial charge < -0.3 is 9.47 Å². The van der Waals surface area contributed by atoms with Crippen molar-refractivity contribution in [1.82, 2.24) is 4.57 Å². The molecule has 64 heavy (non-hydrogen) atoms. The summed E-state index contributed by atoms with van der Waals surface area (Å²) in [5.41, 5.74) is 19.9. The van der Waals surface area contributed by atoms with Gasteiger partial charge in [0.15, 0.2) is 0 Å². The minimum absolute atomic E-state index is 0.0701. The highest BCUT2D eigenvalue weighted by molar-refractivity contribution is 6.10. The predicted octanol–water partition coefficient (Wildman–Crippen LogP) is 18.4. The molecule has 0 saturated carbocycles. The molecule has 1 aliphatic rings. The Morgan fingerprint density at radius 3 is 1.70 bits per heavy atom. The highest BCUT2D eigenvalue weighted by atomic mass is 15.1. The number of hydrogen-bond donors (Lipinski definition) is 0. The summed E-state index contributed by atoms with van der Waals surface area (Å²) in [6, 6.07) is 53.6. The molecule has 2 heteroatoms. The summed E-state index contributed by atoms with van der Waals surface area (Å²) in [6.07, 6.45) is 5.55. The van der Waals surface area contributed by atoms with Crippen LogP contribution in [0.2, 0.25) is 0 Å². The maximum atomic E-state index is 2.45. The van der Waals surface area contributed by atoms with Crippen LogP contribution in [0.5, 0.6) is 0 Å². The minimum Gasteiger partial charge on any atom is -0.347 e. The van der Waals surface area contributed by atoms with E-state index in [1.807, 2.05) is 13.8 Å². The third-order valence-electron chi connectivity index (χ3n) is 12.8. The predicted molar refractivity (Wildman–Crippen MR) is 283 cm³/mol. The lowest BCUT2D eigenvalue weighted by Gasteiger charge is -2.30. The second-order valence-electron chi connectivity index (χ2n) is 18.4. The van der Waals surface area contributed by atoms with Gasteiger partial charge in [-0.2, -0.15) is 0 Å². The number of hydrogen-bond acceptors (Lipinski definition) is 1. The zero-order valence-electron chi connectivity index (χ0n) is 41.3. The Morgan fingerprint density at radius 2 is 1.09 bits per heavy atom. The first kappa shape index (κ1) is 47.4. The molecule has 1 aliphatic carbocycles. The first-order valence-corrected chi connectivity index (χ1v) is 23.6. The van der Waals surface area contributed by atoms with E-state index in [2.05, 4.69) is 250 Å². The molecule has 0 radical (unpaired) electrons. The number of aromatic nitrogens is 1. The molecule has 7 aromatic carbocycles. The summed E-state index contributed by atoms with van der Waals surface area (Å²) in [4.78, 5) is 2.43. The molecular formula is C62H72N2. The minimum atomic E-state index is -0.0701. The third kappa shape index (κ3) is 9.83. The molecule has 9 rings (SSSR count). The van der Waals surface area contributed by atoms with Crippen LogP contribution in [0, 0.1) is 27.7 Å². The summed E-state index contributed by atoms with van der Waals surface area (Å²) < 4.78 is 2.28. The van der Waals surface area contributed by atoms with Crippen molar-refractivity contribution in [3.8, 4) is 11.1 Å². The second kappa shape index (κ2) is 20.6. The lowest BCUT2D eigenvalue weighted by Crippen LogP contribution is -2.17. The van der Waals surface area contributed by atoms with E-state index in [0.717, 1.165) is 6.42 Å². The van der Waals surface area contributed by atoms with E-state index >= 15 is 0 Å². The fraction of sp³-hybridized carbons (Fsp3) is 0.290. The van der Waals surface area contributed by atoms with Crippen LogP contribution in [-0.4, -0.2) is 4.57 Å². The monoisotopic (exact) mass is 845 g/mol. The molecule has 0 amide bonds. The molecule has 1 heterocycles. The van der Waals surface area contributed by atoms with Crippen molar-refractivity contribution in [2.45, 2.75) is 114 Å². The average Bonchev–Trinajstić information content (AvgIpc) is 3.67. The van der Waals surface area contributed by atoms with Crippen LogP contribution in [-0.2, 0) is 12.5 Å². The summed E-state index contributed by atoms with van der Waals surface area (Å²) in [5, 5.41) is 3.95. The Bertz CT molecular complexity index is 2830. The van der Waals surface area contributed by atoms with E-state index in [1.54, 1.807) is 0 Å². The fourth-order valence-electron chi connectivity index (χ4n) is 8.98. The van der Waals surface area contributed by atoms with E-state index in [-0.39, 0.29) is 5.41 Å². The third-order valence-corrected chi connectivity index (χ3v) is 12.8. The molecule has 0 spiro atoms. The summed E-state index contributed by atoms with van der Waals surface area (Å²) in [7, 11) is 2.14. The van der Waals surface area contributed by atoms with E-state index < -0.39 is 0 Å². The topological polar surface area (TPSA) is 8.17 Å². The van der Waals surface area contributed by atoms with Crippen molar-refractivity contribution >= 4 is 44.8 Å². The first-order chi connectivity index (χ1) is 30.7. The van der Waals surface area contributed by atoms with Crippen molar-refractivity contribution in [2.75, 3.05) is 4.90 Å². The van der Waals surface area contributed by atoms with Crippen LogP contribution >= 0.6 is 0 Å². The van der Waals surface area contributed by atoms with Crippen molar-refractivity contribution in [1.29, 1.82) is 0 Å². The molecule has 8 aromatic rings. The maximum Gasteiger partial charge on any atom is 0.0543 e. The maximum absolute atomic E-state index is 2.45. The van der Waals surface area contributed by atoms with E-state index in [4.69, 9.17) is 0 Å². The van der Waals surface area contributed by atoms with Gasteiger partial charge in [-0.3, -0.25) is 0 Å². The van der Waals surface area contributed by atoms with Gasteiger partial charge in [0.25, 0.3) is 0 Å². The smallest absolute Gasteiger partial charge is 0.0543 e. The number of allylic oxidation sites excluding steroid dienone is 1. The van der Waals surface area contributed by atoms with E-state index in [9.17, 15) is 0 Å². The zero-order valence-corrected chi connectivity index (χ0v) is 41.3. The second-order valence-corrected chi connectivity index (χ2v) is 18.4. The summed E-state index contributed by atoms with van der Waals surface area (Å²) >= 11 is 0. The SMILES string of the molecule is CC.CC/C=C\c1c(C)n(C)c2cc(C)ccc12.Cc1ccc(C(C)C)cc1.Cc1ccc2c(c1)C(C)(C)c1cc(N(c3ccccc3)c3ccc(C(C)C)cc3)c3ccccc3c1-2. The molecule has 330 valence electrons. The van der Waals surface area contributed by atoms with Crippen LogP contribution in [0.3, 0.4) is 0 Å². The van der Waals surface area contributed by atoms with Crippen molar-refractivity contribution in [3.63, 3.8) is 0 Å². The lowest BCUT2D eigenvalue weighted by molar-refractivity contribution is 0.660. The number of benzene rings is 7. The molecule has 2 nitrogen and oxygen atoms in total. The Hall–Kier alpha value is -6.12. The largest absolute Gasteiger partial charge is 0.347 e. The number of aryl methyl sites for hydroxylation is 4. The summed E-state index contributed by atoms with van der Waals surface area (Å²) in [5.74, 6) is 1.16. The van der Waals surface area contributed by atoms with Gasteiger partial charge in [-0.25, -0.2) is 0 Å². The molecule has 0 bridgehead atoms. The Labute approximate surface area is 386 Å². The van der Waals surface area contributed by atoms with Gasteiger partial charge in [-0.15, -0.1) is 0 Å². The number of fused-ring (bicyclic) bond motifs is 6. The highest BCUT2D eigenvalue weighted by Gasteiger charge is 2.38. The quantitative estimate of drug-likeness (QED) is 0.155. The molecule has 0 unspecified atom stereocenters. The average molecular weight is 845 g/mol. The Morgan fingerprint density at radius 1 is 0.562 bits per heavy atom. The number of nitrogens with zero attached hydrogens (tertiary/aromatic N) is 2. The molecule has 0 aliphatic heterocycles. The summed E-state index contributed by atoms with van der Waals surface area (Å²) in [6.45, 7) is 28.5. The van der Waals surface area contributed by atoms with Gasteiger partial charge in [0.2, 0.25) is 0 Å². The van der Waals surface area contributed by atoms with Gasteiger partial charge in [0.1, 0.15) is 0 Å². The van der Waals surface area contributed by atoms with E-state index in [0.29, 0.717) is 11.8 Å². The Kier molecular flexibility index (Phi) is 15.2. The number of rotatable bonds is 7. The molecule has 0 fully saturated rings.